The number of rotatable bonds is 5. The van der Waals surface area contributed by atoms with Gasteiger partial charge in [0, 0.05) is 23.0 Å². The summed E-state index contributed by atoms with van der Waals surface area (Å²) in [6.07, 6.45) is 0. The summed E-state index contributed by atoms with van der Waals surface area (Å²) in [5, 5.41) is 6.92. The lowest BCUT2D eigenvalue weighted by Gasteiger charge is -2.13. The summed E-state index contributed by atoms with van der Waals surface area (Å²) in [4.78, 5) is 17.1. The molecule has 8 heteroatoms. The van der Waals surface area contributed by atoms with Crippen molar-refractivity contribution in [2.45, 2.75) is 24.1 Å². The average molecular weight is 430 g/mol. The molecule has 0 bridgehead atoms. The molecule has 2 N–H and O–H groups in total. The topological polar surface area (TPSA) is 87.6 Å². The molecule has 0 radical (unpaired) electrons. The van der Waals surface area contributed by atoms with Gasteiger partial charge in [-0.2, -0.15) is 0 Å². The highest BCUT2D eigenvalue weighted by atomic mass is 32.2. The Labute approximate surface area is 175 Å². The highest BCUT2D eigenvalue weighted by Crippen LogP contribution is 2.34. The number of hydrogen-bond acceptors (Lipinski definition) is 6. The van der Waals surface area contributed by atoms with Crippen molar-refractivity contribution in [1.29, 1.82) is 0 Å². The highest BCUT2D eigenvalue weighted by molar-refractivity contribution is 8.15. The standard InChI is InChI=1S/C21H23N3O3S2/c1-14(15-6-3-2-4-7-15)11-22-20(25)16-8-5-9-17(10-16)23-21-24-18-12-29(26,27)13-19(18)28-21/h2-10,14,18-19H,11-13H2,1H3,(H,22,25)(H,23,24)/t14-,18+,19-/m1/s1. The van der Waals surface area contributed by atoms with Crippen molar-refractivity contribution in [3.05, 3.63) is 65.7 Å². The van der Waals surface area contributed by atoms with E-state index in [1.54, 1.807) is 12.1 Å². The Morgan fingerprint density at radius 3 is 2.72 bits per heavy atom. The van der Waals surface area contributed by atoms with Crippen LogP contribution in [-0.2, 0) is 9.84 Å². The quantitative estimate of drug-likeness (QED) is 0.763. The van der Waals surface area contributed by atoms with Crippen molar-refractivity contribution < 1.29 is 13.2 Å². The first-order chi connectivity index (χ1) is 13.9. The van der Waals surface area contributed by atoms with Gasteiger partial charge in [0.1, 0.15) is 0 Å². The number of carbonyl (C=O) groups excluding carboxylic acids is 1. The third-order valence-corrected chi connectivity index (χ3v) is 8.27. The molecule has 2 heterocycles. The number of amides is 1. The van der Waals surface area contributed by atoms with Gasteiger partial charge < -0.3 is 10.6 Å². The Morgan fingerprint density at radius 1 is 1.17 bits per heavy atom. The van der Waals surface area contributed by atoms with Crippen LogP contribution in [0.4, 0.5) is 5.69 Å². The highest BCUT2D eigenvalue weighted by Gasteiger charge is 2.42. The summed E-state index contributed by atoms with van der Waals surface area (Å²) >= 11 is 1.46. The molecule has 2 aliphatic rings. The minimum Gasteiger partial charge on any atom is -0.351 e. The van der Waals surface area contributed by atoms with Crippen molar-refractivity contribution in [1.82, 2.24) is 5.32 Å². The summed E-state index contributed by atoms with van der Waals surface area (Å²) in [6, 6.07) is 17.2. The first kappa shape index (κ1) is 20.0. The lowest BCUT2D eigenvalue weighted by molar-refractivity contribution is 0.0951. The van der Waals surface area contributed by atoms with Gasteiger partial charge in [0.25, 0.3) is 5.91 Å². The number of anilines is 1. The van der Waals surface area contributed by atoms with Crippen LogP contribution in [-0.4, -0.2) is 48.8 Å². The lowest BCUT2D eigenvalue weighted by Crippen LogP contribution is -2.27. The van der Waals surface area contributed by atoms with Gasteiger partial charge in [0.15, 0.2) is 15.0 Å². The molecule has 1 saturated heterocycles. The van der Waals surface area contributed by atoms with Gasteiger partial charge in [-0.15, -0.1) is 0 Å². The van der Waals surface area contributed by atoms with E-state index in [0.29, 0.717) is 17.3 Å². The molecule has 0 aliphatic carbocycles. The second kappa shape index (κ2) is 8.20. The normalized spacial score (nSPS) is 23.1. The number of aliphatic imine (C=N–C) groups is 1. The van der Waals surface area contributed by atoms with Gasteiger partial charge in [-0.05, 0) is 29.7 Å². The Morgan fingerprint density at radius 2 is 1.97 bits per heavy atom. The first-order valence-corrected chi connectivity index (χ1v) is 12.2. The van der Waals surface area contributed by atoms with Crippen LogP contribution in [0.2, 0.25) is 0 Å². The molecule has 4 rings (SSSR count). The van der Waals surface area contributed by atoms with Crippen LogP contribution < -0.4 is 10.6 Å². The van der Waals surface area contributed by atoms with E-state index in [-0.39, 0.29) is 34.6 Å². The largest absolute Gasteiger partial charge is 0.351 e. The van der Waals surface area contributed by atoms with Gasteiger partial charge in [-0.25, -0.2) is 8.42 Å². The van der Waals surface area contributed by atoms with Crippen LogP contribution in [0.3, 0.4) is 0 Å². The van der Waals surface area contributed by atoms with E-state index in [4.69, 9.17) is 0 Å². The fourth-order valence-electron chi connectivity index (χ4n) is 3.52. The van der Waals surface area contributed by atoms with Crippen molar-refractivity contribution in [3.8, 4) is 0 Å². The second-order valence-corrected chi connectivity index (χ2v) is 10.8. The maximum absolute atomic E-state index is 12.6. The summed E-state index contributed by atoms with van der Waals surface area (Å²) in [6.45, 7) is 2.64. The second-order valence-electron chi connectivity index (χ2n) is 7.46. The molecule has 2 aromatic carbocycles. The van der Waals surface area contributed by atoms with E-state index in [9.17, 15) is 13.2 Å². The minimum absolute atomic E-state index is 0.00606. The summed E-state index contributed by atoms with van der Waals surface area (Å²) < 4.78 is 23.4. The summed E-state index contributed by atoms with van der Waals surface area (Å²) in [5.74, 6) is 0.401. The number of amidine groups is 1. The van der Waals surface area contributed by atoms with Crippen molar-refractivity contribution in [2.24, 2.45) is 4.99 Å². The first-order valence-electron chi connectivity index (χ1n) is 9.55. The molecule has 0 aromatic heterocycles. The van der Waals surface area contributed by atoms with Crippen LogP contribution in [0.15, 0.2) is 59.6 Å². The average Bonchev–Trinajstić information content (AvgIpc) is 3.19. The number of nitrogens with zero attached hydrogens (tertiary/aromatic N) is 1. The number of hydrogen-bond donors (Lipinski definition) is 2. The van der Waals surface area contributed by atoms with Crippen LogP contribution in [0.1, 0.15) is 28.8 Å². The lowest BCUT2D eigenvalue weighted by atomic mass is 10.0. The molecule has 29 heavy (non-hydrogen) atoms. The molecule has 2 aromatic rings. The molecule has 0 saturated carbocycles. The third-order valence-electron chi connectivity index (χ3n) is 5.13. The van der Waals surface area contributed by atoms with E-state index < -0.39 is 9.84 Å². The molecule has 3 atom stereocenters. The molecule has 152 valence electrons. The van der Waals surface area contributed by atoms with Gasteiger partial charge in [0.05, 0.1) is 17.5 Å². The van der Waals surface area contributed by atoms with E-state index >= 15 is 0 Å². The summed E-state index contributed by atoms with van der Waals surface area (Å²) in [5.41, 5.74) is 2.52. The van der Waals surface area contributed by atoms with E-state index in [1.807, 2.05) is 30.3 Å². The van der Waals surface area contributed by atoms with Gasteiger partial charge in [-0.3, -0.25) is 9.79 Å². The van der Waals surface area contributed by atoms with Crippen LogP contribution in [0.25, 0.3) is 0 Å². The zero-order valence-corrected chi connectivity index (χ0v) is 17.7. The molecule has 1 amide bonds. The fourth-order valence-corrected chi connectivity index (χ4v) is 7.20. The fraction of sp³-hybridized carbons (Fsp3) is 0.333. The minimum atomic E-state index is -2.96. The van der Waals surface area contributed by atoms with Gasteiger partial charge in [0.2, 0.25) is 0 Å². The van der Waals surface area contributed by atoms with Crippen LogP contribution in [0, 0.1) is 0 Å². The van der Waals surface area contributed by atoms with E-state index in [1.165, 1.54) is 17.3 Å². The molecule has 0 spiro atoms. The third kappa shape index (κ3) is 4.82. The maximum atomic E-state index is 12.6. The van der Waals surface area contributed by atoms with Crippen LogP contribution in [0.5, 0.6) is 0 Å². The number of nitrogens with one attached hydrogen (secondary N) is 2. The monoisotopic (exact) mass is 429 g/mol. The number of sulfone groups is 1. The molecule has 6 nitrogen and oxygen atoms in total. The smallest absolute Gasteiger partial charge is 0.251 e. The van der Waals surface area contributed by atoms with Crippen molar-refractivity contribution in [3.63, 3.8) is 0 Å². The Balaban J connectivity index is 1.36. The zero-order valence-electron chi connectivity index (χ0n) is 16.0. The van der Waals surface area contributed by atoms with E-state index in [0.717, 1.165) is 5.69 Å². The van der Waals surface area contributed by atoms with E-state index in [2.05, 4.69) is 34.7 Å². The van der Waals surface area contributed by atoms with Crippen molar-refractivity contribution >= 4 is 38.4 Å². The van der Waals surface area contributed by atoms with Crippen molar-refractivity contribution in [2.75, 3.05) is 23.4 Å². The number of benzene rings is 2. The molecule has 1 fully saturated rings. The molecule has 2 aliphatic heterocycles. The molecule has 0 unspecified atom stereocenters. The predicted molar refractivity (Wildman–Crippen MR) is 119 cm³/mol. The number of thioether (sulfide) groups is 1. The number of carbonyl (C=O) groups is 1. The number of fused-ring (bicyclic) bond motifs is 1. The Kier molecular flexibility index (Phi) is 5.65. The van der Waals surface area contributed by atoms with Crippen LogP contribution >= 0.6 is 11.8 Å². The molecular formula is C21H23N3O3S2. The molecular weight excluding hydrogens is 406 g/mol. The maximum Gasteiger partial charge on any atom is 0.251 e. The zero-order chi connectivity index (χ0) is 20.4. The Hall–Kier alpha value is -2.32. The Bertz CT molecular complexity index is 1040. The SMILES string of the molecule is C[C@H](CNC(=O)c1cccc(NC2=N[C@H]3CS(=O)(=O)C[C@H]3S2)c1)c1ccccc1. The summed E-state index contributed by atoms with van der Waals surface area (Å²) in [7, 11) is -2.96. The predicted octanol–water partition coefficient (Wildman–Crippen LogP) is 2.90. The van der Waals surface area contributed by atoms with Gasteiger partial charge >= 0.3 is 0 Å². The van der Waals surface area contributed by atoms with Gasteiger partial charge in [-0.1, -0.05) is 55.1 Å².